The van der Waals surface area contributed by atoms with Crippen molar-refractivity contribution in [1.82, 2.24) is 0 Å². The summed E-state index contributed by atoms with van der Waals surface area (Å²) in [6.45, 7) is 4.02. The van der Waals surface area contributed by atoms with Gasteiger partial charge in [0.1, 0.15) is 16.0 Å². The van der Waals surface area contributed by atoms with Crippen molar-refractivity contribution in [3.8, 4) is 11.5 Å². The molecule has 108 valence electrons. The largest absolute Gasteiger partial charge is 0.495 e. The van der Waals surface area contributed by atoms with Crippen LogP contribution in [-0.2, 0) is 4.74 Å². The number of methoxy groups -OCH3 is 3. The Balaban J connectivity index is 3.10. The van der Waals surface area contributed by atoms with Gasteiger partial charge in [-0.25, -0.2) is 0 Å². The fourth-order valence-electron chi connectivity index (χ4n) is 1.93. The van der Waals surface area contributed by atoms with Crippen molar-refractivity contribution in [2.24, 2.45) is 5.73 Å². The van der Waals surface area contributed by atoms with Gasteiger partial charge in [0, 0.05) is 18.7 Å². The van der Waals surface area contributed by atoms with Crippen LogP contribution < -0.4 is 15.2 Å². The van der Waals surface area contributed by atoms with E-state index in [1.54, 1.807) is 21.3 Å². The average Bonchev–Trinajstić information content (AvgIpc) is 2.37. The maximum atomic E-state index is 6.27. The summed E-state index contributed by atoms with van der Waals surface area (Å²) in [7, 11) is 4.93. The number of ether oxygens (including phenoxy) is 3. The fraction of sp³-hybridized carbons (Fsp3) is 0.571. The number of rotatable bonds is 6. The highest BCUT2D eigenvalue weighted by Crippen LogP contribution is 2.40. The molecule has 1 unspecified atom stereocenters. The first-order chi connectivity index (χ1) is 8.86. The standard InChI is InChI=1S/C14H22BrNO3/c1-14(2,19-5)8-10(16)9-6-7-11(17-3)12(15)13(9)18-4/h6-7,10H,8,16H2,1-5H3. The Kier molecular flexibility index (Phi) is 5.64. The monoisotopic (exact) mass is 331 g/mol. The highest BCUT2D eigenvalue weighted by Gasteiger charge is 2.25. The van der Waals surface area contributed by atoms with E-state index in [-0.39, 0.29) is 11.6 Å². The molecule has 0 radical (unpaired) electrons. The van der Waals surface area contributed by atoms with Crippen LogP contribution in [0, 0.1) is 0 Å². The van der Waals surface area contributed by atoms with Crippen LogP contribution in [0.15, 0.2) is 16.6 Å². The van der Waals surface area contributed by atoms with Crippen molar-refractivity contribution in [2.45, 2.75) is 31.9 Å². The van der Waals surface area contributed by atoms with E-state index >= 15 is 0 Å². The Labute approximate surface area is 123 Å². The Morgan fingerprint density at radius 3 is 2.32 bits per heavy atom. The zero-order valence-corrected chi connectivity index (χ0v) is 13.7. The van der Waals surface area contributed by atoms with E-state index in [2.05, 4.69) is 15.9 Å². The molecule has 0 aliphatic carbocycles. The zero-order chi connectivity index (χ0) is 14.6. The third-order valence-electron chi connectivity index (χ3n) is 3.18. The first kappa shape index (κ1) is 16.3. The van der Waals surface area contributed by atoms with Gasteiger partial charge in [-0.15, -0.1) is 0 Å². The molecule has 0 heterocycles. The lowest BCUT2D eigenvalue weighted by atomic mass is 9.93. The second-order valence-electron chi connectivity index (χ2n) is 4.98. The van der Waals surface area contributed by atoms with Crippen LogP contribution in [0.1, 0.15) is 31.9 Å². The van der Waals surface area contributed by atoms with Crippen LogP contribution in [0.4, 0.5) is 0 Å². The van der Waals surface area contributed by atoms with Crippen LogP contribution in [0.2, 0.25) is 0 Å². The minimum absolute atomic E-state index is 0.174. The maximum absolute atomic E-state index is 6.27. The zero-order valence-electron chi connectivity index (χ0n) is 12.1. The van der Waals surface area contributed by atoms with E-state index in [0.29, 0.717) is 12.2 Å². The van der Waals surface area contributed by atoms with Crippen LogP contribution in [0.3, 0.4) is 0 Å². The van der Waals surface area contributed by atoms with Gasteiger partial charge in [0.25, 0.3) is 0 Å². The Bertz CT molecular complexity index is 435. The summed E-state index contributed by atoms with van der Waals surface area (Å²) >= 11 is 3.48. The molecule has 0 amide bonds. The van der Waals surface area contributed by atoms with Crippen molar-refractivity contribution < 1.29 is 14.2 Å². The average molecular weight is 332 g/mol. The lowest BCUT2D eigenvalue weighted by Crippen LogP contribution is -2.29. The molecular weight excluding hydrogens is 310 g/mol. The van der Waals surface area contributed by atoms with Crippen LogP contribution in [0.25, 0.3) is 0 Å². The topological polar surface area (TPSA) is 53.7 Å². The van der Waals surface area contributed by atoms with Gasteiger partial charge < -0.3 is 19.9 Å². The summed E-state index contributed by atoms with van der Waals surface area (Å²) in [4.78, 5) is 0. The van der Waals surface area contributed by atoms with E-state index in [1.165, 1.54) is 0 Å². The lowest BCUT2D eigenvalue weighted by molar-refractivity contribution is 0.00981. The molecule has 0 bridgehead atoms. The molecule has 5 heteroatoms. The minimum atomic E-state index is -0.281. The molecule has 19 heavy (non-hydrogen) atoms. The minimum Gasteiger partial charge on any atom is -0.495 e. The summed E-state index contributed by atoms with van der Waals surface area (Å²) in [5.74, 6) is 1.43. The third kappa shape index (κ3) is 3.84. The Morgan fingerprint density at radius 2 is 1.84 bits per heavy atom. The lowest BCUT2D eigenvalue weighted by Gasteiger charge is -2.27. The number of halogens is 1. The molecule has 1 aromatic rings. The Hall–Kier alpha value is -0.780. The molecule has 0 aromatic heterocycles. The molecule has 1 rings (SSSR count). The molecule has 0 aliphatic heterocycles. The van der Waals surface area contributed by atoms with Gasteiger partial charge in [-0.2, -0.15) is 0 Å². The Morgan fingerprint density at radius 1 is 1.21 bits per heavy atom. The normalized spacial score (nSPS) is 13.2. The van der Waals surface area contributed by atoms with Gasteiger partial charge >= 0.3 is 0 Å². The highest BCUT2D eigenvalue weighted by atomic mass is 79.9. The number of benzene rings is 1. The second-order valence-corrected chi connectivity index (χ2v) is 5.77. The summed E-state index contributed by atoms with van der Waals surface area (Å²) in [5.41, 5.74) is 6.92. The van der Waals surface area contributed by atoms with Crippen molar-refractivity contribution in [2.75, 3.05) is 21.3 Å². The predicted octanol–water partition coefficient (Wildman–Crippen LogP) is 3.28. The predicted molar refractivity (Wildman–Crippen MR) is 79.9 cm³/mol. The van der Waals surface area contributed by atoms with Crippen molar-refractivity contribution in [3.05, 3.63) is 22.2 Å². The smallest absolute Gasteiger partial charge is 0.141 e. The van der Waals surface area contributed by atoms with E-state index in [0.717, 1.165) is 15.8 Å². The van der Waals surface area contributed by atoms with Crippen molar-refractivity contribution in [3.63, 3.8) is 0 Å². The highest BCUT2D eigenvalue weighted by molar-refractivity contribution is 9.10. The van der Waals surface area contributed by atoms with E-state index in [9.17, 15) is 0 Å². The van der Waals surface area contributed by atoms with Crippen LogP contribution in [0.5, 0.6) is 11.5 Å². The van der Waals surface area contributed by atoms with E-state index in [4.69, 9.17) is 19.9 Å². The van der Waals surface area contributed by atoms with E-state index < -0.39 is 0 Å². The molecule has 2 N–H and O–H groups in total. The number of hydrogen-bond acceptors (Lipinski definition) is 4. The van der Waals surface area contributed by atoms with Gasteiger partial charge in [0.05, 0.1) is 19.8 Å². The number of hydrogen-bond donors (Lipinski definition) is 1. The van der Waals surface area contributed by atoms with Gasteiger partial charge in [-0.05, 0) is 48.3 Å². The van der Waals surface area contributed by atoms with Crippen molar-refractivity contribution in [1.29, 1.82) is 0 Å². The van der Waals surface area contributed by atoms with Crippen molar-refractivity contribution >= 4 is 15.9 Å². The SMILES string of the molecule is COc1ccc(C(N)CC(C)(C)OC)c(OC)c1Br. The van der Waals surface area contributed by atoms with Gasteiger partial charge in [0.15, 0.2) is 0 Å². The second kappa shape index (κ2) is 6.59. The molecule has 0 saturated heterocycles. The molecule has 1 aromatic carbocycles. The summed E-state index contributed by atoms with van der Waals surface area (Å²) in [6.07, 6.45) is 0.693. The molecule has 0 saturated carbocycles. The molecule has 4 nitrogen and oxygen atoms in total. The molecule has 0 aliphatic rings. The number of nitrogens with two attached hydrogens (primary N) is 1. The first-order valence-electron chi connectivity index (χ1n) is 6.07. The quantitative estimate of drug-likeness (QED) is 0.869. The maximum Gasteiger partial charge on any atom is 0.141 e. The summed E-state index contributed by atoms with van der Waals surface area (Å²) < 4.78 is 16.9. The van der Waals surface area contributed by atoms with Gasteiger partial charge in [-0.3, -0.25) is 0 Å². The summed E-state index contributed by atoms with van der Waals surface area (Å²) in [5, 5.41) is 0. The van der Waals surface area contributed by atoms with Crippen LogP contribution >= 0.6 is 15.9 Å². The van der Waals surface area contributed by atoms with Gasteiger partial charge in [0.2, 0.25) is 0 Å². The molecule has 0 fully saturated rings. The fourth-order valence-corrected chi connectivity index (χ4v) is 2.62. The third-order valence-corrected chi connectivity index (χ3v) is 3.93. The van der Waals surface area contributed by atoms with Crippen LogP contribution in [-0.4, -0.2) is 26.9 Å². The van der Waals surface area contributed by atoms with E-state index in [1.807, 2.05) is 26.0 Å². The molecular formula is C14H22BrNO3. The first-order valence-corrected chi connectivity index (χ1v) is 6.86. The van der Waals surface area contributed by atoms with Gasteiger partial charge in [-0.1, -0.05) is 0 Å². The summed E-state index contributed by atoms with van der Waals surface area (Å²) in [6, 6.07) is 3.63. The molecule has 0 spiro atoms. The molecule has 1 atom stereocenters.